The second-order valence-corrected chi connectivity index (χ2v) is 12.6. The van der Waals surface area contributed by atoms with Crippen LogP contribution < -0.4 is 0 Å². The highest BCUT2D eigenvalue weighted by molar-refractivity contribution is 7.91. The molecule has 4 rings (SSSR count). The van der Waals surface area contributed by atoms with E-state index < -0.39 is 9.84 Å². The van der Waals surface area contributed by atoms with Crippen molar-refractivity contribution in [2.75, 3.05) is 39.3 Å². The van der Waals surface area contributed by atoms with Crippen LogP contribution in [0.15, 0.2) is 47.4 Å². The molecule has 3 aliphatic rings. The molecule has 3 heterocycles. The number of benzene rings is 1. The lowest BCUT2D eigenvalue weighted by Gasteiger charge is -2.27. The topological polar surface area (TPSA) is 108 Å². The van der Waals surface area contributed by atoms with E-state index in [0.717, 1.165) is 39.5 Å². The molecule has 0 bridgehead atoms. The van der Waals surface area contributed by atoms with Gasteiger partial charge in [-0.3, -0.25) is 0 Å². The predicted octanol–water partition coefficient (Wildman–Crippen LogP) is 6.26. The zero-order chi connectivity index (χ0) is 31.9. The molecule has 3 unspecified atom stereocenters. The molecule has 9 heteroatoms. The van der Waals surface area contributed by atoms with Gasteiger partial charge in [0.25, 0.3) is 0 Å². The van der Waals surface area contributed by atoms with E-state index in [1.807, 2.05) is 33.8 Å². The van der Waals surface area contributed by atoms with Gasteiger partial charge in [0.1, 0.15) is 6.29 Å². The average Bonchev–Trinajstić information content (AvgIpc) is 3.57. The lowest BCUT2D eigenvalue weighted by molar-refractivity contribution is -0.136. The first-order valence-corrected chi connectivity index (χ1v) is 16.3. The van der Waals surface area contributed by atoms with E-state index in [2.05, 4.69) is 34.3 Å². The van der Waals surface area contributed by atoms with Crippen LogP contribution in [0.4, 0.5) is 0 Å². The van der Waals surface area contributed by atoms with Crippen molar-refractivity contribution < 1.29 is 37.3 Å². The van der Waals surface area contributed by atoms with E-state index in [-0.39, 0.29) is 29.7 Å². The van der Waals surface area contributed by atoms with Crippen molar-refractivity contribution >= 4 is 16.1 Å². The van der Waals surface area contributed by atoms with E-state index in [4.69, 9.17) is 24.1 Å². The molecule has 3 fully saturated rings. The summed E-state index contributed by atoms with van der Waals surface area (Å²) in [5.41, 5.74) is 1.25. The van der Waals surface area contributed by atoms with Crippen LogP contribution in [0.2, 0.25) is 0 Å². The Morgan fingerprint density at radius 1 is 1.00 bits per heavy atom. The minimum Gasteiger partial charge on any atom is -0.400 e. The summed E-state index contributed by atoms with van der Waals surface area (Å²) in [6.07, 6.45) is 5.31. The molecule has 0 spiro atoms. The summed E-state index contributed by atoms with van der Waals surface area (Å²) in [6.45, 7) is 23.1. The van der Waals surface area contributed by atoms with Gasteiger partial charge in [-0.2, -0.15) is 0 Å². The zero-order valence-corrected chi connectivity index (χ0v) is 27.9. The SMILES string of the molecule is C=C1C(C)OCC[C@H]1C.CC1COC(C)(C)O1.CCC.CCC=O.CO.O=S(=O)(CC1CCOC1)c1ccccc1. The maximum Gasteiger partial charge on any atom is 0.178 e. The number of sulfone groups is 1. The number of aldehydes is 1. The molecule has 240 valence electrons. The third-order valence-corrected chi connectivity index (χ3v) is 7.87. The fourth-order valence-electron chi connectivity index (χ4n) is 3.73. The highest BCUT2D eigenvalue weighted by atomic mass is 32.2. The van der Waals surface area contributed by atoms with Gasteiger partial charge < -0.3 is 28.8 Å². The van der Waals surface area contributed by atoms with Gasteiger partial charge in [0.15, 0.2) is 15.6 Å². The van der Waals surface area contributed by atoms with Gasteiger partial charge in [0, 0.05) is 26.7 Å². The van der Waals surface area contributed by atoms with Crippen LogP contribution in [0.3, 0.4) is 0 Å². The maximum absolute atomic E-state index is 11.9. The van der Waals surface area contributed by atoms with Crippen LogP contribution in [0.25, 0.3) is 0 Å². The molecule has 3 saturated heterocycles. The monoisotopic (exact) mass is 602 g/mol. The van der Waals surface area contributed by atoms with Crippen molar-refractivity contribution in [2.45, 2.75) is 104 Å². The third kappa shape index (κ3) is 20.0. The van der Waals surface area contributed by atoms with Gasteiger partial charge in [-0.1, -0.05) is 58.9 Å². The Kier molecular flexibility index (Phi) is 24.2. The second-order valence-electron chi connectivity index (χ2n) is 10.5. The summed E-state index contributed by atoms with van der Waals surface area (Å²) in [4.78, 5) is 9.59. The van der Waals surface area contributed by atoms with E-state index in [1.54, 1.807) is 24.3 Å². The van der Waals surface area contributed by atoms with Crippen LogP contribution >= 0.6 is 0 Å². The number of hydrogen-bond acceptors (Lipinski definition) is 8. The summed E-state index contributed by atoms with van der Waals surface area (Å²) < 4.78 is 45.0. The first-order chi connectivity index (χ1) is 19.3. The minimum absolute atomic E-state index is 0.162. The fourth-order valence-corrected chi connectivity index (χ4v) is 5.38. The molecule has 0 aromatic heterocycles. The Balaban J connectivity index is 0. The van der Waals surface area contributed by atoms with Gasteiger partial charge >= 0.3 is 0 Å². The standard InChI is InChI=1S/C11H14O3S.C8H14O.C6H12O2.C3H6O.C3H8.CH4O/c12-15(13,9-10-6-7-14-8-10)11-4-2-1-3-5-11;1-6-4-5-9-8(3)7(6)2;1-5-4-7-6(2,3)8-5;1-2-3-4;1-3-2;1-2/h1-5,10H,6-9H2;6,8H,2,4-5H2,1,3H3;5H,4H2,1-3H3;3H,2H2,1H3;3H2,1-2H3;2H,1H3/t;6-,8?;;;;/m.1..../s1. The smallest absolute Gasteiger partial charge is 0.178 e. The zero-order valence-electron chi connectivity index (χ0n) is 27.1. The Bertz CT molecular complexity index is 868. The largest absolute Gasteiger partial charge is 0.400 e. The molecule has 8 nitrogen and oxygen atoms in total. The number of aliphatic hydroxyl groups is 1. The quantitative estimate of drug-likeness (QED) is 0.318. The highest BCUT2D eigenvalue weighted by Crippen LogP contribution is 2.23. The summed E-state index contributed by atoms with van der Waals surface area (Å²) >= 11 is 0. The van der Waals surface area contributed by atoms with Gasteiger partial charge in [-0.15, -0.1) is 0 Å². The molecule has 1 aromatic rings. The number of aliphatic hydroxyl groups excluding tert-OH is 1. The van der Waals surface area contributed by atoms with Crippen LogP contribution in [-0.4, -0.2) is 77.1 Å². The summed E-state index contributed by atoms with van der Waals surface area (Å²) in [6, 6.07) is 8.60. The normalized spacial score (nSPS) is 24.2. The predicted molar refractivity (Wildman–Crippen MR) is 167 cm³/mol. The van der Waals surface area contributed by atoms with Crippen molar-refractivity contribution in [3.8, 4) is 0 Å². The second kappa shape index (κ2) is 23.9. The molecule has 0 amide bonds. The molecule has 41 heavy (non-hydrogen) atoms. The number of carbonyl (C=O) groups is 1. The Hall–Kier alpha value is -1.62. The number of ether oxygens (including phenoxy) is 4. The van der Waals surface area contributed by atoms with Gasteiger partial charge in [-0.05, 0) is 70.1 Å². The number of hydrogen-bond donors (Lipinski definition) is 1. The van der Waals surface area contributed by atoms with Crippen LogP contribution in [0, 0.1) is 11.8 Å². The van der Waals surface area contributed by atoms with Crippen molar-refractivity contribution in [1.29, 1.82) is 0 Å². The maximum atomic E-state index is 11.9. The molecule has 0 saturated carbocycles. The molecule has 3 aliphatic heterocycles. The molecule has 4 atom stereocenters. The summed E-state index contributed by atoms with van der Waals surface area (Å²) in [5.74, 6) is 0.695. The fraction of sp³-hybridized carbons (Fsp3) is 0.719. The molecular weight excluding hydrogens is 544 g/mol. The third-order valence-electron chi connectivity index (χ3n) is 5.97. The van der Waals surface area contributed by atoms with Gasteiger partial charge in [-0.25, -0.2) is 8.42 Å². The lowest BCUT2D eigenvalue weighted by atomic mass is 9.93. The Morgan fingerprint density at radius 3 is 1.90 bits per heavy atom. The first kappa shape index (κ1) is 41.5. The highest BCUT2D eigenvalue weighted by Gasteiger charge is 2.29. The summed E-state index contributed by atoms with van der Waals surface area (Å²) in [5, 5.41) is 7.00. The molecule has 0 radical (unpaired) electrons. The molecule has 1 aromatic carbocycles. The van der Waals surface area contributed by atoms with Crippen molar-refractivity contribution in [3.63, 3.8) is 0 Å². The minimum atomic E-state index is -3.12. The van der Waals surface area contributed by atoms with Crippen molar-refractivity contribution in [3.05, 3.63) is 42.5 Å². The van der Waals surface area contributed by atoms with Crippen LogP contribution in [0.5, 0.6) is 0 Å². The molecule has 1 N–H and O–H groups in total. The Morgan fingerprint density at radius 2 is 1.56 bits per heavy atom. The van der Waals surface area contributed by atoms with E-state index in [1.165, 1.54) is 12.0 Å². The lowest BCUT2D eigenvalue weighted by Crippen LogP contribution is -2.23. The van der Waals surface area contributed by atoms with Crippen LogP contribution in [-0.2, 0) is 33.6 Å². The average molecular weight is 603 g/mol. The van der Waals surface area contributed by atoms with Crippen molar-refractivity contribution in [2.24, 2.45) is 11.8 Å². The van der Waals surface area contributed by atoms with E-state index >= 15 is 0 Å². The van der Waals surface area contributed by atoms with Gasteiger partial charge in [0.2, 0.25) is 0 Å². The molecular formula is C32H58O8S. The van der Waals surface area contributed by atoms with Crippen molar-refractivity contribution in [1.82, 2.24) is 0 Å². The summed E-state index contributed by atoms with van der Waals surface area (Å²) in [7, 11) is -2.12. The number of carbonyl (C=O) groups excluding carboxylic acids is 1. The first-order valence-electron chi connectivity index (χ1n) is 14.7. The van der Waals surface area contributed by atoms with E-state index in [0.29, 0.717) is 30.4 Å². The number of rotatable bonds is 4. The Labute approximate surface area is 250 Å². The van der Waals surface area contributed by atoms with Crippen LogP contribution in [0.1, 0.15) is 81.1 Å². The van der Waals surface area contributed by atoms with Gasteiger partial charge in [0.05, 0.1) is 36.1 Å². The van der Waals surface area contributed by atoms with E-state index in [9.17, 15) is 13.2 Å². The molecule has 0 aliphatic carbocycles.